The Morgan fingerprint density at radius 3 is 2.81 bits per heavy atom. The Kier molecular flexibility index (Phi) is 5.75. The molecule has 4 nitrogen and oxygen atoms in total. The molecule has 0 aliphatic heterocycles. The predicted octanol–water partition coefficient (Wildman–Crippen LogP) is 3.44. The lowest BCUT2D eigenvalue weighted by Gasteiger charge is -2.12. The van der Waals surface area contributed by atoms with Gasteiger partial charge in [0.05, 0.1) is 11.1 Å². The van der Waals surface area contributed by atoms with Gasteiger partial charge >= 0.3 is 0 Å². The first-order valence-corrected chi connectivity index (χ1v) is 7.91. The summed E-state index contributed by atoms with van der Waals surface area (Å²) < 4.78 is 5.25. The third-order valence-electron chi connectivity index (χ3n) is 3.19. The maximum Gasteiger partial charge on any atom is 0.220 e. The standard InChI is InChI=1S/C16H19NO3S/c1-12(6-7-13-4-2-10-20-13)17-16(19)9-8-14(18)15-5-3-11-21-15/h2-5,10-12H,6-9H2,1H3,(H,17,19). The van der Waals surface area contributed by atoms with E-state index >= 15 is 0 Å². The minimum atomic E-state index is -0.0770. The molecule has 2 aromatic heterocycles. The lowest BCUT2D eigenvalue weighted by atomic mass is 10.1. The van der Waals surface area contributed by atoms with E-state index in [0.29, 0.717) is 4.88 Å². The molecule has 2 heterocycles. The van der Waals surface area contributed by atoms with Gasteiger partial charge in [-0.25, -0.2) is 0 Å². The average Bonchev–Trinajstić information content (AvgIpc) is 3.15. The number of nitrogens with one attached hydrogen (secondary N) is 1. The van der Waals surface area contributed by atoms with E-state index in [9.17, 15) is 9.59 Å². The molecular weight excluding hydrogens is 286 g/mol. The number of carbonyl (C=O) groups excluding carboxylic acids is 2. The van der Waals surface area contributed by atoms with E-state index in [4.69, 9.17) is 4.42 Å². The smallest absolute Gasteiger partial charge is 0.220 e. The molecule has 0 aliphatic rings. The number of carbonyl (C=O) groups is 2. The van der Waals surface area contributed by atoms with Crippen LogP contribution in [0.15, 0.2) is 40.3 Å². The van der Waals surface area contributed by atoms with Gasteiger partial charge in [-0.2, -0.15) is 0 Å². The van der Waals surface area contributed by atoms with Crippen molar-refractivity contribution in [2.75, 3.05) is 0 Å². The molecule has 0 saturated heterocycles. The number of furan rings is 1. The molecule has 1 atom stereocenters. The van der Waals surface area contributed by atoms with Crippen molar-refractivity contribution in [2.24, 2.45) is 0 Å². The minimum Gasteiger partial charge on any atom is -0.469 e. The van der Waals surface area contributed by atoms with Crippen LogP contribution in [0, 0.1) is 0 Å². The number of thiophene rings is 1. The van der Waals surface area contributed by atoms with E-state index in [0.717, 1.165) is 18.6 Å². The van der Waals surface area contributed by atoms with Crippen LogP contribution in [0.3, 0.4) is 0 Å². The molecule has 0 radical (unpaired) electrons. The number of hydrogen-bond donors (Lipinski definition) is 1. The molecule has 2 rings (SSSR count). The molecule has 0 fully saturated rings. The summed E-state index contributed by atoms with van der Waals surface area (Å²) in [5.74, 6) is 0.874. The van der Waals surface area contributed by atoms with Crippen LogP contribution >= 0.6 is 11.3 Å². The molecule has 0 aromatic carbocycles. The van der Waals surface area contributed by atoms with E-state index in [2.05, 4.69) is 5.32 Å². The lowest BCUT2D eigenvalue weighted by molar-refractivity contribution is -0.121. The van der Waals surface area contributed by atoms with Crippen molar-refractivity contribution in [3.8, 4) is 0 Å². The monoisotopic (exact) mass is 305 g/mol. The first-order valence-electron chi connectivity index (χ1n) is 7.03. The molecule has 1 N–H and O–H groups in total. The number of rotatable bonds is 8. The van der Waals surface area contributed by atoms with E-state index in [1.807, 2.05) is 30.5 Å². The second-order valence-corrected chi connectivity index (χ2v) is 5.93. The van der Waals surface area contributed by atoms with Gasteiger partial charge in [0.2, 0.25) is 5.91 Å². The zero-order valence-corrected chi connectivity index (χ0v) is 12.8. The Hall–Kier alpha value is -1.88. The highest BCUT2D eigenvalue weighted by molar-refractivity contribution is 7.12. The fraction of sp³-hybridized carbons (Fsp3) is 0.375. The molecule has 0 aliphatic carbocycles. The van der Waals surface area contributed by atoms with Crippen molar-refractivity contribution in [2.45, 2.75) is 38.6 Å². The van der Waals surface area contributed by atoms with E-state index < -0.39 is 0 Å². The van der Waals surface area contributed by atoms with Crippen LogP contribution in [0.2, 0.25) is 0 Å². The topological polar surface area (TPSA) is 59.3 Å². The molecule has 0 spiro atoms. The van der Waals surface area contributed by atoms with Gasteiger partial charge in [-0.05, 0) is 36.9 Å². The van der Waals surface area contributed by atoms with Crippen LogP contribution in [0.5, 0.6) is 0 Å². The molecule has 0 saturated carbocycles. The summed E-state index contributed by atoms with van der Waals surface area (Å²) in [5, 5.41) is 4.78. The molecule has 112 valence electrons. The van der Waals surface area contributed by atoms with Crippen molar-refractivity contribution in [1.29, 1.82) is 0 Å². The van der Waals surface area contributed by atoms with E-state index in [1.165, 1.54) is 11.3 Å². The van der Waals surface area contributed by atoms with Crippen molar-refractivity contribution in [1.82, 2.24) is 5.32 Å². The van der Waals surface area contributed by atoms with Crippen molar-refractivity contribution < 1.29 is 14.0 Å². The van der Waals surface area contributed by atoms with Crippen molar-refractivity contribution in [3.05, 3.63) is 46.5 Å². The van der Waals surface area contributed by atoms with Crippen LogP contribution < -0.4 is 5.32 Å². The Bertz CT molecular complexity index is 560. The highest BCUT2D eigenvalue weighted by Gasteiger charge is 2.12. The van der Waals surface area contributed by atoms with Gasteiger partial charge in [0, 0.05) is 25.3 Å². The van der Waals surface area contributed by atoms with Gasteiger partial charge in [-0.1, -0.05) is 6.07 Å². The summed E-state index contributed by atoms with van der Waals surface area (Å²) in [6, 6.07) is 7.48. The van der Waals surface area contributed by atoms with Crippen LogP contribution in [-0.2, 0) is 11.2 Å². The van der Waals surface area contributed by atoms with Gasteiger partial charge in [0.1, 0.15) is 5.76 Å². The molecule has 5 heteroatoms. The van der Waals surface area contributed by atoms with Crippen LogP contribution in [0.1, 0.15) is 41.6 Å². The second kappa shape index (κ2) is 7.78. The summed E-state index contributed by atoms with van der Waals surface area (Å²) in [4.78, 5) is 24.3. The van der Waals surface area contributed by atoms with E-state index in [1.54, 1.807) is 12.3 Å². The highest BCUT2D eigenvalue weighted by atomic mass is 32.1. The molecule has 0 bridgehead atoms. The molecule has 1 amide bonds. The van der Waals surface area contributed by atoms with E-state index in [-0.39, 0.29) is 30.6 Å². The fourth-order valence-corrected chi connectivity index (χ4v) is 2.71. The van der Waals surface area contributed by atoms with Crippen molar-refractivity contribution in [3.63, 3.8) is 0 Å². The molecule has 1 unspecified atom stereocenters. The number of ketones is 1. The zero-order chi connectivity index (χ0) is 15.1. The van der Waals surface area contributed by atoms with Crippen LogP contribution in [0.4, 0.5) is 0 Å². The molecular formula is C16H19NO3S. The molecule has 2 aromatic rings. The maximum atomic E-state index is 11.8. The highest BCUT2D eigenvalue weighted by Crippen LogP contribution is 2.12. The Balaban J connectivity index is 1.65. The maximum absolute atomic E-state index is 11.8. The third-order valence-corrected chi connectivity index (χ3v) is 4.10. The lowest BCUT2D eigenvalue weighted by Crippen LogP contribution is -2.33. The first-order chi connectivity index (χ1) is 10.1. The number of Topliss-reactive ketones (excluding diaryl/α,β-unsaturated/α-hetero) is 1. The van der Waals surface area contributed by atoms with Gasteiger partial charge in [0.25, 0.3) is 0 Å². The SMILES string of the molecule is CC(CCc1ccco1)NC(=O)CCC(=O)c1cccs1. The number of hydrogen-bond acceptors (Lipinski definition) is 4. The quantitative estimate of drug-likeness (QED) is 0.760. The largest absolute Gasteiger partial charge is 0.469 e. The Labute approximate surface area is 128 Å². The normalized spacial score (nSPS) is 12.0. The first kappa shape index (κ1) is 15.5. The molecule has 21 heavy (non-hydrogen) atoms. The minimum absolute atomic E-state index is 0.0309. The summed E-state index contributed by atoms with van der Waals surface area (Å²) >= 11 is 1.41. The predicted molar refractivity (Wildman–Crippen MR) is 82.5 cm³/mol. The second-order valence-electron chi connectivity index (χ2n) is 4.99. The number of amides is 1. The van der Waals surface area contributed by atoms with Gasteiger partial charge in [-0.15, -0.1) is 11.3 Å². The summed E-state index contributed by atoms with van der Waals surface area (Å²) in [5.41, 5.74) is 0. The fourth-order valence-electron chi connectivity index (χ4n) is 2.02. The van der Waals surface area contributed by atoms with Crippen LogP contribution in [-0.4, -0.2) is 17.7 Å². The van der Waals surface area contributed by atoms with Gasteiger partial charge < -0.3 is 9.73 Å². The number of aryl methyl sites for hydroxylation is 1. The van der Waals surface area contributed by atoms with Crippen LogP contribution in [0.25, 0.3) is 0 Å². The van der Waals surface area contributed by atoms with Crippen molar-refractivity contribution >= 4 is 23.0 Å². The Morgan fingerprint density at radius 1 is 1.29 bits per heavy atom. The van der Waals surface area contributed by atoms with Gasteiger partial charge in [-0.3, -0.25) is 9.59 Å². The Morgan fingerprint density at radius 2 is 2.14 bits per heavy atom. The average molecular weight is 305 g/mol. The summed E-state index contributed by atoms with van der Waals surface area (Å²) in [6.07, 6.45) is 3.76. The third kappa shape index (κ3) is 5.19. The summed E-state index contributed by atoms with van der Waals surface area (Å²) in [7, 11) is 0. The van der Waals surface area contributed by atoms with Gasteiger partial charge in [0.15, 0.2) is 5.78 Å². The summed E-state index contributed by atoms with van der Waals surface area (Å²) in [6.45, 7) is 1.96. The zero-order valence-electron chi connectivity index (χ0n) is 12.0.